The number of aliphatic hydroxyl groups is 1. The number of imidazole rings is 1. The number of nitrogens with one attached hydrogen (secondary N) is 1. The zero-order valence-corrected chi connectivity index (χ0v) is 17.5. The monoisotopic (exact) mass is 437 g/mol. The Labute approximate surface area is 176 Å². The number of hydrogen-bond acceptors (Lipinski definition) is 5. The summed E-state index contributed by atoms with van der Waals surface area (Å²) in [4.78, 5) is 30.5. The third kappa shape index (κ3) is 3.56. The average Bonchev–Trinajstić information content (AvgIpc) is 3.23. The third-order valence-corrected chi connectivity index (χ3v) is 6.16. The molecule has 0 spiro atoms. The van der Waals surface area contributed by atoms with Gasteiger partial charge in [-0.3, -0.25) is 13.9 Å². The summed E-state index contributed by atoms with van der Waals surface area (Å²) >= 11 is 12.0. The fourth-order valence-electron chi connectivity index (χ4n) is 3.80. The summed E-state index contributed by atoms with van der Waals surface area (Å²) in [5.41, 5.74) is 0.443. The van der Waals surface area contributed by atoms with Gasteiger partial charge in [0.25, 0.3) is 5.56 Å². The molecule has 0 bridgehead atoms. The smallest absolute Gasteiger partial charge is 0.332 e. The van der Waals surface area contributed by atoms with Crippen LogP contribution in [0, 0.1) is 0 Å². The molecule has 154 valence electrons. The maximum Gasteiger partial charge on any atom is 0.332 e. The molecule has 1 fully saturated rings. The van der Waals surface area contributed by atoms with Crippen molar-refractivity contribution in [3.8, 4) is 0 Å². The van der Waals surface area contributed by atoms with E-state index in [4.69, 9.17) is 23.2 Å². The Morgan fingerprint density at radius 3 is 2.59 bits per heavy atom. The van der Waals surface area contributed by atoms with Crippen LogP contribution >= 0.6 is 23.2 Å². The Balaban J connectivity index is 1.78. The highest BCUT2D eigenvalue weighted by Crippen LogP contribution is 2.24. The van der Waals surface area contributed by atoms with Crippen LogP contribution in [0.1, 0.15) is 24.8 Å². The Morgan fingerprint density at radius 1 is 1.17 bits per heavy atom. The number of aromatic nitrogens is 4. The molecule has 0 saturated heterocycles. The van der Waals surface area contributed by atoms with Crippen molar-refractivity contribution in [1.29, 1.82) is 0 Å². The lowest BCUT2D eigenvalue weighted by Crippen LogP contribution is -2.39. The maximum absolute atomic E-state index is 13.1. The lowest BCUT2D eigenvalue weighted by molar-refractivity contribution is 0.182. The predicted molar refractivity (Wildman–Crippen MR) is 113 cm³/mol. The summed E-state index contributed by atoms with van der Waals surface area (Å²) in [7, 11) is 3.32. The number of anilines is 1. The van der Waals surface area contributed by atoms with Crippen LogP contribution in [0.25, 0.3) is 11.2 Å². The normalized spacial score (nSPS) is 19.2. The molecule has 0 amide bonds. The molecule has 4 rings (SSSR count). The van der Waals surface area contributed by atoms with Crippen molar-refractivity contribution < 1.29 is 5.11 Å². The van der Waals surface area contributed by atoms with Gasteiger partial charge in [0.15, 0.2) is 11.2 Å². The molecule has 29 heavy (non-hydrogen) atoms. The zero-order valence-electron chi connectivity index (χ0n) is 16.0. The average molecular weight is 438 g/mol. The lowest BCUT2D eigenvalue weighted by Gasteiger charge is -2.12. The molecule has 1 saturated carbocycles. The lowest BCUT2D eigenvalue weighted by atomic mass is 10.2. The molecule has 0 radical (unpaired) electrons. The van der Waals surface area contributed by atoms with Gasteiger partial charge < -0.3 is 15.0 Å². The summed E-state index contributed by atoms with van der Waals surface area (Å²) in [6.45, 7) is 0.0705. The molecule has 2 heterocycles. The zero-order chi connectivity index (χ0) is 20.9. The molecule has 1 aliphatic rings. The highest BCUT2D eigenvalue weighted by molar-refractivity contribution is 6.42. The molecule has 0 aliphatic heterocycles. The predicted octanol–water partition coefficient (Wildman–Crippen LogP) is 2.11. The van der Waals surface area contributed by atoms with Gasteiger partial charge in [-0.15, -0.1) is 0 Å². The SMILES string of the molecule is Cn1c(N[C@H]2CC[C@H](O)C2)nc2c1c(=O)n(Cc1ccc(Cl)c(Cl)c1)c(=O)n2C. The van der Waals surface area contributed by atoms with Crippen LogP contribution in [0.2, 0.25) is 10.0 Å². The van der Waals surface area contributed by atoms with Crippen molar-refractivity contribution in [2.24, 2.45) is 14.1 Å². The minimum Gasteiger partial charge on any atom is -0.393 e. The number of rotatable bonds is 4. The van der Waals surface area contributed by atoms with E-state index in [0.717, 1.165) is 17.4 Å². The minimum absolute atomic E-state index is 0.0705. The van der Waals surface area contributed by atoms with E-state index in [1.807, 2.05) is 0 Å². The highest BCUT2D eigenvalue weighted by Gasteiger charge is 2.25. The largest absolute Gasteiger partial charge is 0.393 e. The van der Waals surface area contributed by atoms with E-state index in [1.54, 1.807) is 36.9 Å². The maximum atomic E-state index is 13.1. The standard InChI is InChI=1S/C19H21Cl2N5O3/c1-24-15-16(23-18(24)22-11-4-5-12(27)8-11)25(2)19(29)26(17(15)28)9-10-3-6-13(20)14(21)7-10/h3,6-7,11-12,27H,4-5,8-9H2,1-2H3,(H,22,23)/t11-,12-/m0/s1. The first kappa shape index (κ1) is 20.0. The van der Waals surface area contributed by atoms with Gasteiger partial charge in [0.05, 0.1) is 22.7 Å². The number of nitrogens with zero attached hydrogens (tertiary/aromatic N) is 4. The summed E-state index contributed by atoms with van der Waals surface area (Å²) in [6.07, 6.45) is 1.86. The summed E-state index contributed by atoms with van der Waals surface area (Å²) in [5, 5.41) is 13.8. The number of aliphatic hydroxyl groups excluding tert-OH is 1. The highest BCUT2D eigenvalue weighted by atomic mass is 35.5. The van der Waals surface area contributed by atoms with Gasteiger partial charge in [0, 0.05) is 20.1 Å². The molecule has 2 aromatic heterocycles. The molecule has 8 nitrogen and oxygen atoms in total. The quantitative estimate of drug-likeness (QED) is 0.651. The fraction of sp³-hybridized carbons (Fsp3) is 0.421. The number of halogens is 2. The molecule has 1 aliphatic carbocycles. The van der Waals surface area contributed by atoms with E-state index in [2.05, 4.69) is 10.3 Å². The van der Waals surface area contributed by atoms with Crippen LogP contribution in [0.4, 0.5) is 5.95 Å². The first-order valence-electron chi connectivity index (χ1n) is 9.31. The second kappa shape index (κ2) is 7.51. The topological polar surface area (TPSA) is 94.1 Å². The van der Waals surface area contributed by atoms with E-state index in [1.165, 1.54) is 4.57 Å². The van der Waals surface area contributed by atoms with Gasteiger partial charge >= 0.3 is 5.69 Å². The fourth-order valence-corrected chi connectivity index (χ4v) is 4.12. The van der Waals surface area contributed by atoms with Crippen LogP contribution in [-0.2, 0) is 20.6 Å². The van der Waals surface area contributed by atoms with E-state index < -0.39 is 11.2 Å². The van der Waals surface area contributed by atoms with Gasteiger partial charge in [-0.05, 0) is 37.0 Å². The van der Waals surface area contributed by atoms with E-state index in [9.17, 15) is 14.7 Å². The minimum atomic E-state index is -0.463. The summed E-state index contributed by atoms with van der Waals surface area (Å²) < 4.78 is 4.18. The van der Waals surface area contributed by atoms with Gasteiger partial charge in [0.2, 0.25) is 5.95 Å². The first-order chi connectivity index (χ1) is 13.8. The number of aryl methyl sites for hydroxylation is 2. The Bertz CT molecular complexity index is 1210. The second-order valence-corrected chi connectivity index (χ2v) is 8.27. The molecule has 1 aromatic carbocycles. The number of hydrogen-bond donors (Lipinski definition) is 2. The van der Waals surface area contributed by atoms with Crippen molar-refractivity contribution in [2.75, 3.05) is 5.32 Å². The number of benzene rings is 1. The number of fused-ring (bicyclic) bond motifs is 1. The molecular formula is C19H21Cl2N5O3. The van der Waals surface area contributed by atoms with E-state index in [0.29, 0.717) is 39.1 Å². The van der Waals surface area contributed by atoms with Crippen molar-refractivity contribution in [1.82, 2.24) is 18.7 Å². The van der Waals surface area contributed by atoms with E-state index >= 15 is 0 Å². The van der Waals surface area contributed by atoms with Crippen LogP contribution in [0.5, 0.6) is 0 Å². The van der Waals surface area contributed by atoms with Crippen molar-refractivity contribution in [3.05, 3.63) is 54.6 Å². The van der Waals surface area contributed by atoms with Crippen molar-refractivity contribution in [2.45, 2.75) is 38.0 Å². The summed E-state index contributed by atoms with van der Waals surface area (Å²) in [5.74, 6) is 0.499. The Kier molecular flexibility index (Phi) is 5.18. The molecular weight excluding hydrogens is 417 g/mol. The van der Waals surface area contributed by atoms with Gasteiger partial charge in [-0.1, -0.05) is 29.3 Å². The first-order valence-corrected chi connectivity index (χ1v) is 10.1. The van der Waals surface area contributed by atoms with E-state index in [-0.39, 0.29) is 18.7 Å². The van der Waals surface area contributed by atoms with Gasteiger partial charge in [-0.2, -0.15) is 4.98 Å². The molecule has 10 heteroatoms. The summed E-state index contributed by atoms with van der Waals surface area (Å²) in [6, 6.07) is 5.08. The van der Waals surface area contributed by atoms with Crippen molar-refractivity contribution >= 4 is 40.3 Å². The Hall–Kier alpha value is -2.29. The molecule has 2 atom stereocenters. The van der Waals surface area contributed by atoms with Crippen LogP contribution < -0.4 is 16.6 Å². The molecule has 0 unspecified atom stereocenters. The third-order valence-electron chi connectivity index (χ3n) is 5.42. The van der Waals surface area contributed by atoms with Crippen LogP contribution in [0.3, 0.4) is 0 Å². The van der Waals surface area contributed by atoms with Gasteiger partial charge in [0.1, 0.15) is 0 Å². The molecule has 2 N–H and O–H groups in total. The molecule has 3 aromatic rings. The second-order valence-electron chi connectivity index (χ2n) is 7.46. The Morgan fingerprint density at radius 2 is 1.93 bits per heavy atom. The van der Waals surface area contributed by atoms with Crippen molar-refractivity contribution in [3.63, 3.8) is 0 Å². The van der Waals surface area contributed by atoms with Crippen LogP contribution in [-0.4, -0.2) is 35.9 Å². The van der Waals surface area contributed by atoms with Crippen LogP contribution in [0.15, 0.2) is 27.8 Å². The van der Waals surface area contributed by atoms with Gasteiger partial charge in [-0.25, -0.2) is 4.79 Å².